The Hall–Kier alpha value is -0.890. The molecule has 1 aromatic rings. The lowest BCUT2D eigenvalue weighted by atomic mass is 9.99. The lowest BCUT2D eigenvalue weighted by Gasteiger charge is -2.37. The predicted octanol–water partition coefficient (Wildman–Crippen LogP) is 3.53. The van der Waals surface area contributed by atoms with Gasteiger partial charge in [0.2, 0.25) is 0 Å². The van der Waals surface area contributed by atoms with E-state index in [2.05, 4.69) is 38.0 Å². The number of halogens is 1. The Labute approximate surface area is 103 Å². The third-order valence-corrected chi connectivity index (χ3v) is 3.51. The second-order valence-corrected chi connectivity index (χ2v) is 5.43. The standard InChI is InChI=1S/C13H19ClN2/c1-8(2)11-7-16(4)12-6-10(14)5-9(3)13(12)15-11/h5-6,8,11,15H,7H2,1-4H3. The molecule has 2 nitrogen and oxygen atoms in total. The first-order chi connectivity index (χ1) is 7.49. The average Bonchev–Trinajstić information content (AvgIpc) is 2.19. The largest absolute Gasteiger partial charge is 0.378 e. The number of nitrogens with zero attached hydrogens (tertiary/aromatic N) is 1. The van der Waals surface area contributed by atoms with Crippen molar-refractivity contribution in [3.8, 4) is 0 Å². The number of anilines is 2. The van der Waals surface area contributed by atoms with Crippen LogP contribution in [0.1, 0.15) is 19.4 Å². The molecular weight excluding hydrogens is 220 g/mol. The quantitative estimate of drug-likeness (QED) is 0.805. The van der Waals surface area contributed by atoms with Crippen molar-refractivity contribution in [3.05, 3.63) is 22.7 Å². The zero-order chi connectivity index (χ0) is 11.9. The summed E-state index contributed by atoms with van der Waals surface area (Å²) >= 11 is 6.09. The van der Waals surface area contributed by atoms with Crippen molar-refractivity contribution in [3.63, 3.8) is 0 Å². The van der Waals surface area contributed by atoms with Gasteiger partial charge in [0.1, 0.15) is 0 Å². The Balaban J connectivity index is 2.42. The zero-order valence-corrected chi connectivity index (χ0v) is 11.1. The summed E-state index contributed by atoms with van der Waals surface area (Å²) in [7, 11) is 2.13. The van der Waals surface area contributed by atoms with E-state index in [-0.39, 0.29) is 0 Å². The van der Waals surface area contributed by atoms with Crippen LogP contribution in [0, 0.1) is 12.8 Å². The van der Waals surface area contributed by atoms with Gasteiger partial charge in [0, 0.05) is 24.7 Å². The summed E-state index contributed by atoms with van der Waals surface area (Å²) in [6.07, 6.45) is 0. The summed E-state index contributed by atoms with van der Waals surface area (Å²) in [5, 5.41) is 4.43. The number of rotatable bonds is 1. The molecule has 2 rings (SSSR count). The van der Waals surface area contributed by atoms with Gasteiger partial charge in [-0.2, -0.15) is 0 Å². The van der Waals surface area contributed by atoms with Crippen molar-refractivity contribution < 1.29 is 0 Å². The molecule has 1 aromatic carbocycles. The van der Waals surface area contributed by atoms with Gasteiger partial charge in [-0.15, -0.1) is 0 Å². The molecule has 0 fully saturated rings. The molecule has 0 saturated carbocycles. The van der Waals surface area contributed by atoms with Gasteiger partial charge < -0.3 is 10.2 Å². The van der Waals surface area contributed by atoms with Gasteiger partial charge in [-0.25, -0.2) is 0 Å². The van der Waals surface area contributed by atoms with Crippen LogP contribution in [-0.2, 0) is 0 Å². The van der Waals surface area contributed by atoms with Crippen LogP contribution >= 0.6 is 11.6 Å². The topological polar surface area (TPSA) is 15.3 Å². The summed E-state index contributed by atoms with van der Waals surface area (Å²) < 4.78 is 0. The molecule has 88 valence electrons. The van der Waals surface area contributed by atoms with Crippen molar-refractivity contribution >= 4 is 23.0 Å². The smallest absolute Gasteiger partial charge is 0.0617 e. The summed E-state index contributed by atoms with van der Waals surface area (Å²) in [6, 6.07) is 4.56. The second kappa shape index (κ2) is 4.17. The van der Waals surface area contributed by atoms with Crippen molar-refractivity contribution in [1.29, 1.82) is 0 Å². The van der Waals surface area contributed by atoms with Gasteiger partial charge in [-0.1, -0.05) is 25.4 Å². The molecule has 1 aliphatic rings. The van der Waals surface area contributed by atoms with Crippen molar-refractivity contribution in [1.82, 2.24) is 0 Å². The molecule has 0 radical (unpaired) electrons. The number of hydrogen-bond donors (Lipinski definition) is 1. The van der Waals surface area contributed by atoms with E-state index in [1.165, 1.54) is 16.9 Å². The lowest BCUT2D eigenvalue weighted by molar-refractivity contribution is 0.514. The molecule has 3 heteroatoms. The summed E-state index contributed by atoms with van der Waals surface area (Å²) in [4.78, 5) is 2.29. The van der Waals surface area contributed by atoms with E-state index in [1.54, 1.807) is 0 Å². The monoisotopic (exact) mass is 238 g/mol. The molecule has 0 amide bonds. The summed E-state index contributed by atoms with van der Waals surface area (Å²) in [6.45, 7) is 7.64. The molecule has 0 aromatic heterocycles. The molecule has 1 unspecified atom stereocenters. The number of aryl methyl sites for hydroxylation is 1. The Morgan fingerprint density at radius 1 is 1.44 bits per heavy atom. The molecular formula is C13H19ClN2. The number of fused-ring (bicyclic) bond motifs is 1. The maximum atomic E-state index is 6.09. The van der Waals surface area contributed by atoms with Gasteiger partial charge in [0.25, 0.3) is 0 Å². The number of benzene rings is 1. The molecule has 1 aliphatic heterocycles. The first-order valence-electron chi connectivity index (χ1n) is 5.77. The van der Waals surface area contributed by atoms with Crippen LogP contribution < -0.4 is 10.2 Å². The average molecular weight is 239 g/mol. The molecule has 16 heavy (non-hydrogen) atoms. The third kappa shape index (κ3) is 1.99. The van der Waals surface area contributed by atoms with Gasteiger partial charge in [0.15, 0.2) is 0 Å². The lowest BCUT2D eigenvalue weighted by Crippen LogP contribution is -2.42. The Morgan fingerprint density at radius 2 is 2.12 bits per heavy atom. The maximum absolute atomic E-state index is 6.09. The minimum atomic E-state index is 0.511. The summed E-state index contributed by atoms with van der Waals surface area (Å²) in [5.74, 6) is 0.630. The van der Waals surface area contributed by atoms with E-state index >= 15 is 0 Å². The van der Waals surface area contributed by atoms with Crippen molar-refractivity contribution in [2.75, 3.05) is 23.8 Å². The van der Waals surface area contributed by atoms with Crippen LogP contribution in [0.2, 0.25) is 5.02 Å². The SMILES string of the molecule is Cc1cc(Cl)cc2c1NC(C(C)C)CN2C. The minimum Gasteiger partial charge on any atom is -0.378 e. The molecule has 0 aliphatic carbocycles. The fourth-order valence-corrected chi connectivity index (χ4v) is 2.48. The van der Waals surface area contributed by atoms with Gasteiger partial charge in [0.05, 0.1) is 11.4 Å². The van der Waals surface area contributed by atoms with Crippen LogP contribution in [0.15, 0.2) is 12.1 Å². The number of nitrogens with one attached hydrogen (secondary N) is 1. The fraction of sp³-hybridized carbons (Fsp3) is 0.538. The second-order valence-electron chi connectivity index (χ2n) is 4.99. The molecule has 0 saturated heterocycles. The van der Waals surface area contributed by atoms with Crippen LogP contribution in [-0.4, -0.2) is 19.6 Å². The van der Waals surface area contributed by atoms with Crippen LogP contribution in [0.25, 0.3) is 0 Å². The van der Waals surface area contributed by atoms with E-state index in [9.17, 15) is 0 Å². The van der Waals surface area contributed by atoms with Crippen molar-refractivity contribution in [2.24, 2.45) is 5.92 Å². The first-order valence-corrected chi connectivity index (χ1v) is 6.14. The van der Waals surface area contributed by atoms with E-state index in [1.807, 2.05) is 12.1 Å². The molecule has 1 heterocycles. The highest BCUT2D eigenvalue weighted by Crippen LogP contribution is 2.36. The zero-order valence-electron chi connectivity index (χ0n) is 10.3. The highest BCUT2D eigenvalue weighted by molar-refractivity contribution is 6.31. The Bertz CT molecular complexity index is 401. The molecule has 0 bridgehead atoms. The van der Waals surface area contributed by atoms with Gasteiger partial charge >= 0.3 is 0 Å². The predicted molar refractivity (Wildman–Crippen MR) is 71.7 cm³/mol. The van der Waals surface area contributed by atoms with Crippen LogP contribution in [0.5, 0.6) is 0 Å². The van der Waals surface area contributed by atoms with Crippen LogP contribution in [0.4, 0.5) is 11.4 Å². The van der Waals surface area contributed by atoms with E-state index in [0.717, 1.165) is 11.6 Å². The van der Waals surface area contributed by atoms with Gasteiger partial charge in [-0.05, 0) is 30.5 Å². The Kier molecular flexibility index (Phi) is 3.02. The molecule has 0 spiro atoms. The highest BCUT2D eigenvalue weighted by Gasteiger charge is 2.24. The minimum absolute atomic E-state index is 0.511. The highest BCUT2D eigenvalue weighted by atomic mass is 35.5. The normalized spacial score (nSPS) is 19.6. The van der Waals surface area contributed by atoms with Crippen LogP contribution in [0.3, 0.4) is 0 Å². The van der Waals surface area contributed by atoms with Crippen molar-refractivity contribution in [2.45, 2.75) is 26.8 Å². The number of likely N-dealkylation sites (N-methyl/N-ethyl adjacent to an activating group) is 1. The molecule has 1 N–H and O–H groups in total. The third-order valence-electron chi connectivity index (χ3n) is 3.30. The number of hydrogen-bond acceptors (Lipinski definition) is 2. The van der Waals surface area contributed by atoms with Gasteiger partial charge in [-0.3, -0.25) is 0 Å². The summed E-state index contributed by atoms with van der Waals surface area (Å²) in [5.41, 5.74) is 3.67. The van der Waals surface area contributed by atoms with E-state index in [0.29, 0.717) is 12.0 Å². The first kappa shape index (κ1) is 11.6. The van der Waals surface area contributed by atoms with E-state index < -0.39 is 0 Å². The van der Waals surface area contributed by atoms with E-state index in [4.69, 9.17) is 11.6 Å². The molecule has 1 atom stereocenters. The fourth-order valence-electron chi connectivity index (χ4n) is 2.22. The maximum Gasteiger partial charge on any atom is 0.0617 e. The Morgan fingerprint density at radius 3 is 2.75 bits per heavy atom.